The zero-order valence-corrected chi connectivity index (χ0v) is 11.9. The van der Waals surface area contributed by atoms with Crippen LogP contribution in [0.4, 0.5) is 0 Å². The lowest BCUT2D eigenvalue weighted by Gasteiger charge is -2.34. The minimum Gasteiger partial charge on any atom is -0.385 e. The average Bonchev–Trinajstić information content (AvgIpc) is 2.96. The molecule has 3 rings (SSSR count). The van der Waals surface area contributed by atoms with Crippen molar-refractivity contribution in [3.05, 3.63) is 42.1 Å². The first-order valence-electron chi connectivity index (χ1n) is 7.42. The van der Waals surface area contributed by atoms with Crippen LogP contribution in [0, 0.1) is 0 Å². The molecule has 0 bridgehead atoms. The molecule has 1 fully saturated rings. The molecule has 1 saturated carbocycles. The number of fused-ring (bicyclic) bond motifs is 1. The SMILES string of the molecule is CCOC1(C(O)c2ccc3ncccc3c2)CCCC1. The smallest absolute Gasteiger partial charge is 0.108 e. The second kappa shape index (κ2) is 5.51. The van der Waals surface area contributed by atoms with E-state index in [1.54, 1.807) is 6.20 Å². The molecule has 1 unspecified atom stereocenters. The molecule has 0 radical (unpaired) electrons. The van der Waals surface area contributed by atoms with Gasteiger partial charge in [0, 0.05) is 18.2 Å². The Morgan fingerprint density at radius 2 is 2.10 bits per heavy atom. The zero-order chi connectivity index (χ0) is 14.0. The first kappa shape index (κ1) is 13.5. The van der Waals surface area contributed by atoms with Crippen LogP contribution in [0.3, 0.4) is 0 Å². The van der Waals surface area contributed by atoms with E-state index in [4.69, 9.17) is 4.74 Å². The van der Waals surface area contributed by atoms with E-state index in [1.165, 1.54) is 0 Å². The minimum absolute atomic E-state index is 0.398. The van der Waals surface area contributed by atoms with E-state index in [0.29, 0.717) is 6.61 Å². The highest BCUT2D eigenvalue weighted by Gasteiger charge is 2.42. The molecule has 1 aliphatic carbocycles. The first-order chi connectivity index (χ1) is 9.75. The predicted octanol–water partition coefficient (Wildman–Crippen LogP) is 3.62. The molecule has 3 nitrogen and oxygen atoms in total. The van der Waals surface area contributed by atoms with Crippen LogP contribution in [0.25, 0.3) is 10.9 Å². The van der Waals surface area contributed by atoms with Crippen molar-refractivity contribution >= 4 is 10.9 Å². The summed E-state index contributed by atoms with van der Waals surface area (Å²) in [5.74, 6) is 0. The summed E-state index contributed by atoms with van der Waals surface area (Å²) in [5, 5.41) is 11.9. The molecule has 20 heavy (non-hydrogen) atoms. The molecule has 0 aliphatic heterocycles. The molecule has 1 atom stereocenters. The fourth-order valence-corrected chi connectivity index (χ4v) is 3.33. The molecule has 1 aromatic carbocycles. The summed E-state index contributed by atoms with van der Waals surface area (Å²) in [4.78, 5) is 4.32. The van der Waals surface area contributed by atoms with E-state index in [-0.39, 0.29) is 0 Å². The van der Waals surface area contributed by atoms with E-state index >= 15 is 0 Å². The van der Waals surface area contributed by atoms with Crippen molar-refractivity contribution in [3.8, 4) is 0 Å². The van der Waals surface area contributed by atoms with Gasteiger partial charge in [0.25, 0.3) is 0 Å². The second-order valence-electron chi connectivity index (χ2n) is 5.56. The normalized spacial score (nSPS) is 19.3. The van der Waals surface area contributed by atoms with Crippen molar-refractivity contribution in [2.24, 2.45) is 0 Å². The van der Waals surface area contributed by atoms with Gasteiger partial charge in [-0.15, -0.1) is 0 Å². The molecule has 0 spiro atoms. The summed E-state index contributed by atoms with van der Waals surface area (Å²) in [7, 11) is 0. The standard InChI is InChI=1S/C17H21NO2/c1-2-20-17(9-3-4-10-17)16(19)14-7-8-15-13(12-14)6-5-11-18-15/h5-8,11-12,16,19H,2-4,9-10H2,1H3. The van der Waals surface area contributed by atoms with Crippen LogP contribution in [0.2, 0.25) is 0 Å². The van der Waals surface area contributed by atoms with E-state index < -0.39 is 11.7 Å². The van der Waals surface area contributed by atoms with Crippen molar-refractivity contribution in [1.82, 2.24) is 4.98 Å². The highest BCUT2D eigenvalue weighted by atomic mass is 16.5. The van der Waals surface area contributed by atoms with Gasteiger partial charge in [-0.1, -0.05) is 25.0 Å². The number of ether oxygens (including phenoxy) is 1. The minimum atomic E-state index is -0.561. The molecule has 1 aliphatic rings. The van der Waals surface area contributed by atoms with Crippen LogP contribution in [0.5, 0.6) is 0 Å². The molecule has 106 valence electrons. The van der Waals surface area contributed by atoms with Crippen molar-refractivity contribution in [3.63, 3.8) is 0 Å². The molecule has 0 saturated heterocycles. The Hall–Kier alpha value is -1.45. The molecular formula is C17H21NO2. The fraction of sp³-hybridized carbons (Fsp3) is 0.471. The lowest BCUT2D eigenvalue weighted by Crippen LogP contribution is -2.36. The molecule has 1 aromatic heterocycles. The Kier molecular flexibility index (Phi) is 3.72. The Bertz CT molecular complexity index is 590. The molecular weight excluding hydrogens is 250 g/mol. The van der Waals surface area contributed by atoms with Crippen LogP contribution >= 0.6 is 0 Å². The molecule has 2 aromatic rings. The van der Waals surface area contributed by atoms with E-state index in [0.717, 1.165) is 42.1 Å². The van der Waals surface area contributed by atoms with Gasteiger partial charge in [0.15, 0.2) is 0 Å². The third kappa shape index (κ3) is 2.32. The number of aromatic nitrogens is 1. The fourth-order valence-electron chi connectivity index (χ4n) is 3.33. The number of aliphatic hydroxyl groups excluding tert-OH is 1. The van der Waals surface area contributed by atoms with Crippen molar-refractivity contribution in [1.29, 1.82) is 0 Å². The predicted molar refractivity (Wildman–Crippen MR) is 79.5 cm³/mol. The van der Waals surface area contributed by atoms with Gasteiger partial charge in [-0.3, -0.25) is 4.98 Å². The largest absolute Gasteiger partial charge is 0.385 e. The van der Waals surface area contributed by atoms with Gasteiger partial charge in [-0.05, 0) is 43.5 Å². The molecule has 0 amide bonds. The number of rotatable bonds is 4. The number of hydrogen-bond acceptors (Lipinski definition) is 3. The Labute approximate surface area is 119 Å². The maximum absolute atomic E-state index is 10.8. The summed E-state index contributed by atoms with van der Waals surface area (Å²) in [6.45, 7) is 2.64. The van der Waals surface area contributed by atoms with Gasteiger partial charge in [-0.25, -0.2) is 0 Å². The first-order valence-corrected chi connectivity index (χ1v) is 7.42. The van der Waals surface area contributed by atoms with Gasteiger partial charge < -0.3 is 9.84 Å². The highest BCUT2D eigenvalue weighted by Crippen LogP contribution is 2.43. The lowest BCUT2D eigenvalue weighted by atomic mass is 9.88. The van der Waals surface area contributed by atoms with E-state index in [9.17, 15) is 5.11 Å². The second-order valence-corrected chi connectivity index (χ2v) is 5.56. The average molecular weight is 271 g/mol. The number of aliphatic hydroxyl groups is 1. The van der Waals surface area contributed by atoms with Crippen LogP contribution in [-0.4, -0.2) is 22.3 Å². The lowest BCUT2D eigenvalue weighted by molar-refractivity contribution is -0.118. The maximum atomic E-state index is 10.8. The molecule has 1 N–H and O–H groups in total. The number of hydrogen-bond donors (Lipinski definition) is 1. The third-order valence-electron chi connectivity index (χ3n) is 4.32. The number of pyridine rings is 1. The Morgan fingerprint density at radius 1 is 1.30 bits per heavy atom. The van der Waals surface area contributed by atoms with Crippen LogP contribution < -0.4 is 0 Å². The van der Waals surface area contributed by atoms with Gasteiger partial charge in [0.2, 0.25) is 0 Å². The van der Waals surface area contributed by atoms with E-state index in [2.05, 4.69) is 4.98 Å². The van der Waals surface area contributed by atoms with Crippen molar-refractivity contribution in [2.45, 2.75) is 44.3 Å². The quantitative estimate of drug-likeness (QED) is 0.923. The Morgan fingerprint density at radius 3 is 2.85 bits per heavy atom. The van der Waals surface area contributed by atoms with Gasteiger partial charge in [-0.2, -0.15) is 0 Å². The van der Waals surface area contributed by atoms with Gasteiger partial charge in [0.05, 0.1) is 11.1 Å². The van der Waals surface area contributed by atoms with Crippen molar-refractivity contribution < 1.29 is 9.84 Å². The van der Waals surface area contributed by atoms with Crippen LogP contribution in [0.1, 0.15) is 44.3 Å². The summed E-state index contributed by atoms with van der Waals surface area (Å²) >= 11 is 0. The third-order valence-corrected chi connectivity index (χ3v) is 4.32. The zero-order valence-electron chi connectivity index (χ0n) is 11.9. The van der Waals surface area contributed by atoms with E-state index in [1.807, 2.05) is 37.3 Å². The Balaban J connectivity index is 1.96. The number of benzene rings is 1. The van der Waals surface area contributed by atoms with Crippen molar-refractivity contribution in [2.75, 3.05) is 6.61 Å². The monoisotopic (exact) mass is 271 g/mol. The van der Waals surface area contributed by atoms with Gasteiger partial charge in [0.1, 0.15) is 6.10 Å². The number of nitrogens with zero attached hydrogens (tertiary/aromatic N) is 1. The van der Waals surface area contributed by atoms with Gasteiger partial charge >= 0.3 is 0 Å². The topological polar surface area (TPSA) is 42.4 Å². The summed E-state index contributed by atoms with van der Waals surface area (Å²) < 4.78 is 5.95. The molecule has 3 heteroatoms. The summed E-state index contributed by atoms with van der Waals surface area (Å²) in [5.41, 5.74) is 1.49. The van der Waals surface area contributed by atoms with Crippen LogP contribution in [0.15, 0.2) is 36.5 Å². The van der Waals surface area contributed by atoms with Crippen LogP contribution in [-0.2, 0) is 4.74 Å². The highest BCUT2D eigenvalue weighted by molar-refractivity contribution is 5.79. The summed E-state index contributed by atoms with van der Waals surface area (Å²) in [6, 6.07) is 9.93. The molecule has 1 heterocycles. The summed E-state index contributed by atoms with van der Waals surface area (Å²) in [6.07, 6.45) is 5.37. The maximum Gasteiger partial charge on any atom is 0.108 e.